The lowest BCUT2D eigenvalue weighted by molar-refractivity contribution is 0.0926. The van der Waals surface area contributed by atoms with Gasteiger partial charge in [0.05, 0.1) is 22.3 Å². The monoisotopic (exact) mass is 414 g/mol. The number of anilines is 1. The Balaban J connectivity index is 1.74. The third kappa shape index (κ3) is 5.73. The van der Waals surface area contributed by atoms with Gasteiger partial charge >= 0.3 is 0 Å². The summed E-state index contributed by atoms with van der Waals surface area (Å²) in [6.07, 6.45) is 5.42. The van der Waals surface area contributed by atoms with Crippen molar-refractivity contribution in [3.8, 4) is 5.75 Å². The summed E-state index contributed by atoms with van der Waals surface area (Å²) >= 11 is 6.25. The zero-order valence-corrected chi connectivity index (χ0v) is 17.6. The van der Waals surface area contributed by atoms with E-state index in [1.54, 1.807) is 36.4 Å². The molecule has 0 atom stereocenters. The first-order valence-corrected chi connectivity index (χ1v) is 10.5. The number of carbonyl (C=O) groups excluding carboxylic acids is 2. The third-order valence-corrected chi connectivity index (χ3v) is 5.23. The summed E-state index contributed by atoms with van der Waals surface area (Å²) < 4.78 is 5.72. The molecule has 3 rings (SSSR count). The van der Waals surface area contributed by atoms with Crippen LogP contribution in [0.15, 0.2) is 42.5 Å². The van der Waals surface area contributed by atoms with Gasteiger partial charge in [-0.05, 0) is 57.0 Å². The number of nitrogens with one attached hydrogen (secondary N) is 2. The first kappa shape index (κ1) is 21.2. The van der Waals surface area contributed by atoms with Crippen molar-refractivity contribution in [1.29, 1.82) is 0 Å². The summed E-state index contributed by atoms with van der Waals surface area (Å²) in [7, 11) is 0. The Morgan fingerprint density at radius 1 is 1.00 bits per heavy atom. The number of para-hydroxylation sites is 1. The van der Waals surface area contributed by atoms with Crippen LogP contribution < -0.4 is 15.4 Å². The Morgan fingerprint density at radius 3 is 2.45 bits per heavy atom. The standard InChI is InChI=1S/C23H27ClN2O3/c1-15(2)29-21-11-7-6-10-18(21)22(27)26-17-12-13-20(24)19(14-17)23(28)25-16-8-4-3-5-9-16/h6-7,10-16H,3-5,8-9H2,1-2H3,(H,25,28)(H,26,27). The van der Waals surface area contributed by atoms with Crippen molar-refractivity contribution in [1.82, 2.24) is 5.32 Å². The second kappa shape index (κ2) is 9.79. The SMILES string of the molecule is CC(C)Oc1ccccc1C(=O)Nc1ccc(Cl)c(C(=O)NC2CCCCC2)c1. The van der Waals surface area contributed by atoms with E-state index in [2.05, 4.69) is 10.6 Å². The molecular formula is C23H27ClN2O3. The Hall–Kier alpha value is -2.53. The van der Waals surface area contributed by atoms with E-state index in [4.69, 9.17) is 16.3 Å². The molecule has 0 aromatic heterocycles. The molecule has 0 heterocycles. The summed E-state index contributed by atoms with van der Waals surface area (Å²) in [6.45, 7) is 3.82. The van der Waals surface area contributed by atoms with Gasteiger partial charge in [0.15, 0.2) is 0 Å². The van der Waals surface area contributed by atoms with Crippen molar-refractivity contribution < 1.29 is 14.3 Å². The van der Waals surface area contributed by atoms with Crippen molar-refractivity contribution in [3.63, 3.8) is 0 Å². The predicted molar refractivity (Wildman–Crippen MR) is 116 cm³/mol. The first-order valence-electron chi connectivity index (χ1n) is 10.1. The molecule has 29 heavy (non-hydrogen) atoms. The van der Waals surface area contributed by atoms with Gasteiger partial charge in [0.2, 0.25) is 0 Å². The zero-order chi connectivity index (χ0) is 20.8. The number of halogens is 1. The fraction of sp³-hybridized carbons (Fsp3) is 0.391. The van der Waals surface area contributed by atoms with Crippen LogP contribution in [0.1, 0.15) is 66.7 Å². The number of hydrogen-bond donors (Lipinski definition) is 2. The minimum Gasteiger partial charge on any atom is -0.490 e. The van der Waals surface area contributed by atoms with Gasteiger partial charge in [-0.2, -0.15) is 0 Å². The average molecular weight is 415 g/mol. The lowest BCUT2D eigenvalue weighted by atomic mass is 9.95. The summed E-state index contributed by atoms with van der Waals surface area (Å²) in [5.74, 6) is 0.00739. The Bertz CT molecular complexity index is 876. The van der Waals surface area contributed by atoms with E-state index >= 15 is 0 Å². The minimum absolute atomic E-state index is 0.0467. The van der Waals surface area contributed by atoms with E-state index in [1.165, 1.54) is 6.42 Å². The van der Waals surface area contributed by atoms with Gasteiger partial charge in [-0.1, -0.05) is 43.0 Å². The number of benzene rings is 2. The Labute approximate surface area is 176 Å². The first-order chi connectivity index (χ1) is 13.9. The summed E-state index contributed by atoms with van der Waals surface area (Å²) in [4.78, 5) is 25.5. The van der Waals surface area contributed by atoms with E-state index < -0.39 is 0 Å². The fourth-order valence-corrected chi connectivity index (χ4v) is 3.70. The van der Waals surface area contributed by atoms with E-state index in [0.29, 0.717) is 27.6 Å². The van der Waals surface area contributed by atoms with Crippen molar-refractivity contribution >= 4 is 29.1 Å². The van der Waals surface area contributed by atoms with Gasteiger partial charge in [0, 0.05) is 11.7 Å². The largest absolute Gasteiger partial charge is 0.490 e. The molecule has 2 N–H and O–H groups in total. The second-order valence-corrected chi connectivity index (χ2v) is 8.03. The maximum absolute atomic E-state index is 12.8. The van der Waals surface area contributed by atoms with Crippen LogP contribution in [-0.4, -0.2) is 24.0 Å². The van der Waals surface area contributed by atoms with Gasteiger partial charge in [-0.15, -0.1) is 0 Å². The van der Waals surface area contributed by atoms with Crippen LogP contribution in [0.4, 0.5) is 5.69 Å². The molecule has 2 aromatic rings. The van der Waals surface area contributed by atoms with Gasteiger partial charge < -0.3 is 15.4 Å². The maximum atomic E-state index is 12.8. The second-order valence-electron chi connectivity index (χ2n) is 7.62. The molecule has 1 aliphatic carbocycles. The van der Waals surface area contributed by atoms with Gasteiger partial charge in [-0.3, -0.25) is 9.59 Å². The summed E-state index contributed by atoms with van der Waals surface area (Å²) in [6, 6.07) is 12.2. The normalized spacial score (nSPS) is 14.5. The lowest BCUT2D eigenvalue weighted by Crippen LogP contribution is -2.36. The summed E-state index contributed by atoms with van der Waals surface area (Å²) in [5, 5.41) is 6.26. The highest BCUT2D eigenvalue weighted by Gasteiger charge is 2.19. The van der Waals surface area contributed by atoms with E-state index in [9.17, 15) is 9.59 Å². The van der Waals surface area contributed by atoms with Gasteiger partial charge in [0.1, 0.15) is 5.75 Å². The number of ether oxygens (including phenoxy) is 1. The molecule has 2 aromatic carbocycles. The molecule has 1 aliphatic rings. The molecule has 2 amide bonds. The molecular weight excluding hydrogens is 388 g/mol. The highest BCUT2D eigenvalue weighted by Crippen LogP contribution is 2.25. The number of amides is 2. The molecule has 6 heteroatoms. The maximum Gasteiger partial charge on any atom is 0.259 e. The molecule has 5 nitrogen and oxygen atoms in total. The molecule has 0 aliphatic heterocycles. The van der Waals surface area contributed by atoms with E-state index in [0.717, 1.165) is 25.7 Å². The van der Waals surface area contributed by atoms with Crippen LogP contribution in [0.3, 0.4) is 0 Å². The molecule has 1 fully saturated rings. The highest BCUT2D eigenvalue weighted by atomic mass is 35.5. The molecule has 0 bridgehead atoms. The van der Waals surface area contributed by atoms with Crippen LogP contribution in [0, 0.1) is 0 Å². The highest BCUT2D eigenvalue weighted by molar-refractivity contribution is 6.34. The average Bonchev–Trinajstić information content (AvgIpc) is 2.70. The van der Waals surface area contributed by atoms with E-state index in [1.807, 2.05) is 19.9 Å². The van der Waals surface area contributed by atoms with Crippen molar-refractivity contribution in [2.75, 3.05) is 5.32 Å². The van der Waals surface area contributed by atoms with Crippen molar-refractivity contribution in [2.24, 2.45) is 0 Å². The quantitative estimate of drug-likeness (QED) is 0.661. The zero-order valence-electron chi connectivity index (χ0n) is 16.8. The third-order valence-electron chi connectivity index (χ3n) is 4.90. The predicted octanol–water partition coefficient (Wildman–Crippen LogP) is 5.44. The van der Waals surface area contributed by atoms with E-state index in [-0.39, 0.29) is 24.0 Å². The Morgan fingerprint density at radius 2 is 1.72 bits per heavy atom. The lowest BCUT2D eigenvalue weighted by Gasteiger charge is -2.23. The molecule has 154 valence electrons. The number of hydrogen-bond acceptors (Lipinski definition) is 3. The topological polar surface area (TPSA) is 67.4 Å². The molecule has 0 saturated heterocycles. The fourth-order valence-electron chi connectivity index (χ4n) is 3.50. The van der Waals surface area contributed by atoms with Crippen LogP contribution in [-0.2, 0) is 0 Å². The molecule has 0 spiro atoms. The van der Waals surface area contributed by atoms with Crippen molar-refractivity contribution in [2.45, 2.75) is 58.1 Å². The number of rotatable bonds is 6. The van der Waals surface area contributed by atoms with Crippen molar-refractivity contribution in [3.05, 3.63) is 58.6 Å². The van der Waals surface area contributed by atoms with Crippen LogP contribution >= 0.6 is 11.6 Å². The molecule has 0 radical (unpaired) electrons. The van der Waals surface area contributed by atoms with Crippen LogP contribution in [0.5, 0.6) is 5.75 Å². The smallest absolute Gasteiger partial charge is 0.259 e. The number of carbonyl (C=O) groups is 2. The molecule has 0 unspecified atom stereocenters. The Kier molecular flexibility index (Phi) is 7.15. The van der Waals surface area contributed by atoms with Gasteiger partial charge in [0.25, 0.3) is 11.8 Å². The van der Waals surface area contributed by atoms with Gasteiger partial charge in [-0.25, -0.2) is 0 Å². The minimum atomic E-state index is -0.304. The summed E-state index contributed by atoms with van der Waals surface area (Å²) in [5.41, 5.74) is 1.30. The molecule has 1 saturated carbocycles. The van der Waals surface area contributed by atoms with Crippen LogP contribution in [0.2, 0.25) is 5.02 Å². The van der Waals surface area contributed by atoms with Crippen LogP contribution in [0.25, 0.3) is 0 Å².